The van der Waals surface area contributed by atoms with E-state index in [1.54, 1.807) is 18.2 Å². The summed E-state index contributed by atoms with van der Waals surface area (Å²) in [4.78, 5) is 20.5. The van der Waals surface area contributed by atoms with Gasteiger partial charge in [-0.3, -0.25) is 0 Å². The smallest absolute Gasteiger partial charge is 0.335 e. The minimum Gasteiger partial charge on any atom is -0.478 e. The minimum absolute atomic E-state index is 0.216. The molecule has 6 nitrogen and oxygen atoms in total. The predicted molar refractivity (Wildman–Crippen MR) is 94.5 cm³/mol. The lowest BCUT2D eigenvalue weighted by molar-refractivity contribution is 0.0697. The predicted octanol–water partition coefficient (Wildman–Crippen LogP) is 3.40. The van der Waals surface area contributed by atoms with Crippen LogP contribution in [0.2, 0.25) is 0 Å². The maximum absolute atomic E-state index is 11.2. The fourth-order valence-electron chi connectivity index (χ4n) is 3.05. The third-order valence-electron chi connectivity index (χ3n) is 4.28. The van der Waals surface area contributed by atoms with Gasteiger partial charge in [-0.05, 0) is 42.5 Å². The van der Waals surface area contributed by atoms with E-state index in [1.165, 1.54) is 0 Å². The highest BCUT2D eigenvalue weighted by Crippen LogP contribution is 2.33. The van der Waals surface area contributed by atoms with Crippen molar-refractivity contribution in [2.75, 3.05) is 10.6 Å². The number of carboxylic acids is 1. The number of nitrogens with one attached hydrogen (secondary N) is 2. The Bertz CT molecular complexity index is 1180. The summed E-state index contributed by atoms with van der Waals surface area (Å²) < 4.78 is 0. The molecule has 3 aromatic rings. The van der Waals surface area contributed by atoms with E-state index in [0.717, 1.165) is 39.2 Å². The zero-order valence-corrected chi connectivity index (χ0v) is 12.9. The lowest BCUT2D eigenvalue weighted by Gasteiger charge is -2.19. The standard InChI is InChI=1S/C19H12N4O2/c24-19(25)10-5-6-13-14(7-10)23-18-9-16-15(8-17(18)22-13)20-11-3-1-2-4-12(11)21-16/h1-9,21-22H,(H,24,25). The number of hydrogen-bond acceptors (Lipinski definition) is 5. The lowest BCUT2D eigenvalue weighted by Crippen LogP contribution is -2.22. The van der Waals surface area contributed by atoms with Gasteiger partial charge in [-0.2, -0.15) is 0 Å². The van der Waals surface area contributed by atoms with Gasteiger partial charge in [0, 0.05) is 0 Å². The van der Waals surface area contributed by atoms with Gasteiger partial charge >= 0.3 is 5.97 Å². The first-order chi connectivity index (χ1) is 12.2. The van der Waals surface area contributed by atoms with Crippen LogP contribution in [-0.4, -0.2) is 11.1 Å². The van der Waals surface area contributed by atoms with Crippen LogP contribution < -0.4 is 21.3 Å². The molecule has 0 amide bonds. The van der Waals surface area contributed by atoms with Crippen LogP contribution in [0.1, 0.15) is 10.4 Å². The number of fused-ring (bicyclic) bond motifs is 4. The molecular formula is C19H12N4O2. The molecule has 25 heavy (non-hydrogen) atoms. The SMILES string of the molecule is O=C(O)c1ccc2c(c1)N=c1cc3c(cc1N2)=Nc1ccccc1N3. The van der Waals surface area contributed by atoms with Crippen molar-refractivity contribution in [3.05, 3.63) is 70.9 Å². The van der Waals surface area contributed by atoms with Crippen molar-refractivity contribution < 1.29 is 9.90 Å². The van der Waals surface area contributed by atoms with E-state index < -0.39 is 5.97 Å². The molecule has 0 aliphatic carbocycles. The second kappa shape index (κ2) is 4.91. The number of para-hydroxylation sites is 2. The van der Waals surface area contributed by atoms with E-state index in [4.69, 9.17) is 5.11 Å². The van der Waals surface area contributed by atoms with E-state index in [9.17, 15) is 4.79 Å². The Morgan fingerprint density at radius 2 is 1.40 bits per heavy atom. The van der Waals surface area contributed by atoms with Gasteiger partial charge in [-0.1, -0.05) is 12.1 Å². The molecule has 0 aromatic heterocycles. The number of anilines is 4. The summed E-state index contributed by atoms with van der Waals surface area (Å²) in [6, 6.07) is 16.6. The highest BCUT2D eigenvalue weighted by atomic mass is 16.4. The van der Waals surface area contributed by atoms with Gasteiger partial charge in [0.1, 0.15) is 0 Å². The maximum atomic E-state index is 11.2. The molecule has 0 spiro atoms. The van der Waals surface area contributed by atoms with Crippen LogP contribution in [0.25, 0.3) is 0 Å². The molecule has 0 saturated heterocycles. The van der Waals surface area contributed by atoms with Gasteiger partial charge in [0.25, 0.3) is 0 Å². The fourth-order valence-corrected chi connectivity index (χ4v) is 3.05. The number of hydrogen-bond donors (Lipinski definition) is 3. The summed E-state index contributed by atoms with van der Waals surface area (Å²) in [5.74, 6) is -0.966. The number of carboxylic acid groups (broad SMARTS) is 1. The van der Waals surface area contributed by atoms with E-state index in [1.807, 2.05) is 36.4 Å². The average molecular weight is 328 g/mol. The third-order valence-corrected chi connectivity index (χ3v) is 4.28. The van der Waals surface area contributed by atoms with E-state index >= 15 is 0 Å². The van der Waals surface area contributed by atoms with E-state index in [0.29, 0.717) is 5.69 Å². The quantitative estimate of drug-likeness (QED) is 0.440. The summed E-state index contributed by atoms with van der Waals surface area (Å²) in [6.45, 7) is 0. The normalized spacial score (nSPS) is 12.8. The molecule has 0 fully saturated rings. The molecule has 0 radical (unpaired) electrons. The zero-order chi connectivity index (χ0) is 17.0. The number of rotatable bonds is 1. The highest BCUT2D eigenvalue weighted by Gasteiger charge is 2.16. The van der Waals surface area contributed by atoms with Gasteiger partial charge < -0.3 is 15.7 Å². The first kappa shape index (κ1) is 13.7. The topological polar surface area (TPSA) is 86.1 Å². The Labute approximate surface area is 142 Å². The second-order valence-corrected chi connectivity index (χ2v) is 5.91. The number of aromatic carboxylic acids is 1. The average Bonchev–Trinajstić information content (AvgIpc) is 2.62. The van der Waals surface area contributed by atoms with Crippen LogP contribution in [0, 0.1) is 0 Å². The molecule has 0 unspecified atom stereocenters. The minimum atomic E-state index is -0.966. The second-order valence-electron chi connectivity index (χ2n) is 5.91. The molecule has 0 atom stereocenters. The highest BCUT2D eigenvalue weighted by molar-refractivity contribution is 5.91. The summed E-state index contributed by atoms with van der Waals surface area (Å²) in [5.41, 5.74) is 5.18. The van der Waals surface area contributed by atoms with Crippen LogP contribution in [0.15, 0.2) is 64.6 Å². The Balaban J connectivity index is 1.70. The Kier molecular flexibility index (Phi) is 2.70. The van der Waals surface area contributed by atoms with Crippen LogP contribution in [0.4, 0.5) is 34.1 Å². The summed E-state index contributed by atoms with van der Waals surface area (Å²) in [7, 11) is 0. The number of benzene rings is 3. The zero-order valence-electron chi connectivity index (χ0n) is 12.9. The Morgan fingerprint density at radius 1 is 0.760 bits per heavy atom. The van der Waals surface area contributed by atoms with Gasteiger partial charge in [-0.25, -0.2) is 14.8 Å². The van der Waals surface area contributed by atoms with Gasteiger partial charge in [0.05, 0.1) is 50.4 Å². The first-order valence-corrected chi connectivity index (χ1v) is 7.79. The monoisotopic (exact) mass is 328 g/mol. The molecule has 2 heterocycles. The van der Waals surface area contributed by atoms with Crippen molar-refractivity contribution in [1.82, 2.24) is 0 Å². The van der Waals surface area contributed by atoms with Crippen molar-refractivity contribution in [3.8, 4) is 0 Å². The first-order valence-electron chi connectivity index (χ1n) is 7.79. The van der Waals surface area contributed by atoms with Gasteiger partial charge in [0.15, 0.2) is 0 Å². The van der Waals surface area contributed by atoms with Crippen LogP contribution in [-0.2, 0) is 0 Å². The van der Waals surface area contributed by atoms with E-state index in [-0.39, 0.29) is 5.56 Å². The summed E-state index contributed by atoms with van der Waals surface area (Å²) in [5, 5.41) is 17.4. The Morgan fingerprint density at radius 3 is 2.12 bits per heavy atom. The molecular weight excluding hydrogens is 316 g/mol. The lowest BCUT2D eigenvalue weighted by atomic mass is 10.1. The molecule has 3 N–H and O–H groups in total. The number of nitrogens with zero attached hydrogens (tertiary/aromatic N) is 2. The fraction of sp³-hybridized carbons (Fsp3) is 0. The summed E-state index contributed by atoms with van der Waals surface area (Å²) in [6.07, 6.45) is 0. The summed E-state index contributed by atoms with van der Waals surface area (Å²) >= 11 is 0. The molecule has 3 aromatic carbocycles. The molecule has 6 heteroatoms. The van der Waals surface area contributed by atoms with E-state index in [2.05, 4.69) is 20.6 Å². The van der Waals surface area contributed by atoms with Crippen LogP contribution in [0.5, 0.6) is 0 Å². The molecule has 0 bridgehead atoms. The van der Waals surface area contributed by atoms with Crippen molar-refractivity contribution in [2.24, 2.45) is 9.98 Å². The van der Waals surface area contributed by atoms with Crippen molar-refractivity contribution in [3.63, 3.8) is 0 Å². The Hall–Kier alpha value is -3.67. The molecule has 5 rings (SSSR count). The molecule has 2 aliphatic rings. The van der Waals surface area contributed by atoms with Crippen molar-refractivity contribution in [2.45, 2.75) is 0 Å². The number of carbonyl (C=O) groups is 1. The molecule has 0 saturated carbocycles. The van der Waals surface area contributed by atoms with Gasteiger partial charge in [-0.15, -0.1) is 0 Å². The van der Waals surface area contributed by atoms with Crippen LogP contribution >= 0.6 is 0 Å². The maximum Gasteiger partial charge on any atom is 0.335 e. The molecule has 120 valence electrons. The van der Waals surface area contributed by atoms with Gasteiger partial charge in [0.2, 0.25) is 0 Å². The van der Waals surface area contributed by atoms with Crippen molar-refractivity contribution in [1.29, 1.82) is 0 Å². The van der Waals surface area contributed by atoms with Crippen LogP contribution in [0.3, 0.4) is 0 Å². The largest absolute Gasteiger partial charge is 0.478 e. The van der Waals surface area contributed by atoms with Crippen molar-refractivity contribution >= 4 is 40.1 Å². The third kappa shape index (κ3) is 2.15. The molecule has 2 aliphatic heterocycles.